The van der Waals surface area contributed by atoms with E-state index in [2.05, 4.69) is 56.2 Å². The lowest BCUT2D eigenvalue weighted by Crippen LogP contribution is -2.32. The molecule has 0 aromatic carbocycles. The van der Waals surface area contributed by atoms with Gasteiger partial charge < -0.3 is 8.85 Å². The van der Waals surface area contributed by atoms with Crippen LogP contribution in [0.4, 0.5) is 0 Å². The quantitative estimate of drug-likeness (QED) is 0.706. The Hall–Kier alpha value is -0.886. The van der Waals surface area contributed by atoms with Gasteiger partial charge in [0.15, 0.2) is 0 Å². The van der Waals surface area contributed by atoms with Crippen molar-refractivity contribution >= 4 is 16.6 Å². The lowest BCUT2D eigenvalue weighted by atomic mass is 10.1. The maximum atomic E-state index is 6.11. The summed E-state index contributed by atoms with van der Waals surface area (Å²) < 4.78 is 12.2. The second-order valence-corrected chi connectivity index (χ2v) is 15.9. The molecule has 0 aliphatic heterocycles. The van der Waals surface area contributed by atoms with E-state index in [-0.39, 0.29) is 0 Å². The molecule has 0 amide bonds. The molecule has 0 bridgehead atoms. The van der Waals surface area contributed by atoms with Gasteiger partial charge in [-0.15, -0.1) is 0 Å². The fourth-order valence-electron chi connectivity index (χ4n) is 1.70. The summed E-state index contributed by atoms with van der Waals surface area (Å²) in [5.41, 5.74) is 1.04. The minimum absolute atomic E-state index is 0.723. The highest BCUT2D eigenvalue weighted by molar-refractivity contribution is 6.70. The van der Waals surface area contributed by atoms with E-state index >= 15 is 0 Å². The lowest BCUT2D eigenvalue weighted by molar-refractivity contribution is 0.483. The van der Waals surface area contributed by atoms with Crippen LogP contribution in [0.25, 0.3) is 0 Å². The molecule has 1 heterocycles. The van der Waals surface area contributed by atoms with Gasteiger partial charge in [-0.1, -0.05) is 13.3 Å². The summed E-state index contributed by atoms with van der Waals surface area (Å²) in [6, 6.07) is 0. The van der Waals surface area contributed by atoms with E-state index in [1.54, 1.807) is 6.33 Å². The Balaban J connectivity index is 3.12. The van der Waals surface area contributed by atoms with Crippen molar-refractivity contribution < 1.29 is 8.85 Å². The minimum Gasteiger partial charge on any atom is -0.531 e. The largest absolute Gasteiger partial charge is 0.531 e. The molecule has 4 nitrogen and oxygen atoms in total. The van der Waals surface area contributed by atoms with Crippen molar-refractivity contribution in [2.45, 2.75) is 65.5 Å². The average molecular weight is 313 g/mol. The Kier molecular flexibility index (Phi) is 5.76. The molecule has 0 aliphatic rings. The average Bonchev–Trinajstić information content (AvgIpc) is 2.24. The number of aromatic nitrogens is 2. The van der Waals surface area contributed by atoms with E-state index < -0.39 is 16.6 Å². The fourth-order valence-corrected chi connectivity index (χ4v) is 3.22. The normalized spacial score (nSPS) is 12.3. The Bertz CT molecular complexity index is 406. The molecule has 20 heavy (non-hydrogen) atoms. The van der Waals surface area contributed by atoms with E-state index in [0.29, 0.717) is 0 Å². The third kappa shape index (κ3) is 6.04. The number of hydrogen-bond donors (Lipinski definition) is 0. The van der Waals surface area contributed by atoms with Crippen LogP contribution in [0.2, 0.25) is 39.3 Å². The zero-order chi connectivity index (χ0) is 15.4. The molecule has 0 saturated heterocycles. The summed E-state index contributed by atoms with van der Waals surface area (Å²) >= 11 is 0. The van der Waals surface area contributed by atoms with Crippen LogP contribution in [-0.4, -0.2) is 26.6 Å². The van der Waals surface area contributed by atoms with Crippen molar-refractivity contribution in [2.24, 2.45) is 0 Å². The van der Waals surface area contributed by atoms with Gasteiger partial charge in [0, 0.05) is 0 Å². The maximum absolute atomic E-state index is 6.11. The third-order valence-corrected chi connectivity index (χ3v) is 4.06. The monoisotopic (exact) mass is 312 g/mol. The molecule has 0 fully saturated rings. The van der Waals surface area contributed by atoms with Crippen LogP contribution in [0.5, 0.6) is 11.8 Å². The van der Waals surface area contributed by atoms with Crippen molar-refractivity contribution in [1.29, 1.82) is 0 Å². The molecule has 1 aromatic heterocycles. The summed E-state index contributed by atoms with van der Waals surface area (Å²) in [6.07, 6.45) is 4.70. The van der Waals surface area contributed by atoms with Gasteiger partial charge in [0.25, 0.3) is 0 Å². The highest BCUT2D eigenvalue weighted by Gasteiger charge is 2.24. The molecule has 114 valence electrons. The smallest absolute Gasteiger partial charge is 0.244 e. The Morgan fingerprint density at radius 2 is 1.35 bits per heavy atom. The topological polar surface area (TPSA) is 44.2 Å². The zero-order valence-corrected chi connectivity index (χ0v) is 15.9. The maximum Gasteiger partial charge on any atom is 0.244 e. The molecule has 0 saturated carbocycles. The highest BCUT2D eigenvalue weighted by atomic mass is 28.4. The third-order valence-electron chi connectivity index (χ3n) is 2.45. The van der Waals surface area contributed by atoms with Crippen LogP contribution in [0.1, 0.15) is 25.3 Å². The van der Waals surface area contributed by atoms with Crippen LogP contribution in [0.3, 0.4) is 0 Å². The first-order valence-corrected chi connectivity index (χ1v) is 14.2. The molecule has 6 heteroatoms. The standard InChI is InChI=1S/C14H28N2O2Si2/c1-8-9-10-12-13(17-19(2,3)4)15-11-16-14(12)18-20(5,6)7/h11H,8-10H2,1-7H3. The second-order valence-electron chi connectivity index (χ2n) is 6.99. The van der Waals surface area contributed by atoms with E-state index in [1.807, 2.05) is 0 Å². The summed E-state index contributed by atoms with van der Waals surface area (Å²) in [7, 11) is -3.37. The number of nitrogens with zero attached hydrogens (tertiary/aromatic N) is 2. The van der Waals surface area contributed by atoms with Crippen LogP contribution in [0.15, 0.2) is 6.33 Å². The van der Waals surface area contributed by atoms with Crippen molar-refractivity contribution in [3.8, 4) is 11.8 Å². The minimum atomic E-state index is -1.68. The molecular formula is C14H28N2O2Si2. The second kappa shape index (κ2) is 6.71. The van der Waals surface area contributed by atoms with Crippen LogP contribution < -0.4 is 8.85 Å². The Morgan fingerprint density at radius 1 is 0.900 bits per heavy atom. The van der Waals surface area contributed by atoms with Gasteiger partial charge in [-0.25, -0.2) is 9.97 Å². The van der Waals surface area contributed by atoms with Crippen LogP contribution in [0, 0.1) is 0 Å². The molecule has 0 spiro atoms. The Morgan fingerprint density at radius 3 is 1.70 bits per heavy atom. The number of rotatable bonds is 7. The number of hydrogen-bond acceptors (Lipinski definition) is 4. The van der Waals surface area contributed by atoms with E-state index in [4.69, 9.17) is 8.85 Å². The summed E-state index contributed by atoms with van der Waals surface area (Å²) in [5, 5.41) is 0. The Labute approximate surface area is 125 Å². The van der Waals surface area contributed by atoms with E-state index in [0.717, 1.165) is 36.6 Å². The first-order chi connectivity index (χ1) is 9.12. The van der Waals surface area contributed by atoms with E-state index in [9.17, 15) is 0 Å². The van der Waals surface area contributed by atoms with Crippen molar-refractivity contribution in [3.63, 3.8) is 0 Å². The molecule has 0 N–H and O–H groups in total. The van der Waals surface area contributed by atoms with Gasteiger partial charge in [0.1, 0.15) is 6.33 Å². The fraction of sp³-hybridized carbons (Fsp3) is 0.714. The molecule has 0 atom stereocenters. The molecule has 0 aliphatic carbocycles. The summed E-state index contributed by atoms with van der Waals surface area (Å²) in [5.74, 6) is 1.45. The van der Waals surface area contributed by atoms with Crippen molar-refractivity contribution in [3.05, 3.63) is 11.9 Å². The predicted octanol–water partition coefficient (Wildman–Crippen LogP) is 4.25. The van der Waals surface area contributed by atoms with Crippen LogP contribution in [-0.2, 0) is 6.42 Å². The van der Waals surface area contributed by atoms with Gasteiger partial charge in [-0.3, -0.25) is 0 Å². The van der Waals surface area contributed by atoms with Crippen molar-refractivity contribution in [2.75, 3.05) is 0 Å². The number of unbranched alkanes of at least 4 members (excludes halogenated alkanes) is 1. The highest BCUT2D eigenvalue weighted by Crippen LogP contribution is 2.29. The molecular weight excluding hydrogens is 284 g/mol. The van der Waals surface area contributed by atoms with Gasteiger partial charge in [0.2, 0.25) is 28.4 Å². The first kappa shape index (κ1) is 17.2. The van der Waals surface area contributed by atoms with E-state index in [1.165, 1.54) is 0 Å². The lowest BCUT2D eigenvalue weighted by Gasteiger charge is -2.24. The summed E-state index contributed by atoms with van der Waals surface area (Å²) in [4.78, 5) is 8.69. The SMILES string of the molecule is CCCCc1c(O[Si](C)(C)C)ncnc1O[Si](C)(C)C. The molecule has 1 aromatic rings. The molecule has 0 unspecified atom stereocenters. The zero-order valence-electron chi connectivity index (χ0n) is 13.9. The molecule has 0 radical (unpaired) electrons. The van der Waals surface area contributed by atoms with Crippen LogP contribution >= 0.6 is 0 Å². The van der Waals surface area contributed by atoms with Gasteiger partial charge in [-0.05, 0) is 52.1 Å². The van der Waals surface area contributed by atoms with Gasteiger partial charge in [-0.2, -0.15) is 0 Å². The van der Waals surface area contributed by atoms with Crippen molar-refractivity contribution in [1.82, 2.24) is 9.97 Å². The predicted molar refractivity (Wildman–Crippen MR) is 88.6 cm³/mol. The summed E-state index contributed by atoms with van der Waals surface area (Å²) in [6.45, 7) is 15.2. The van der Waals surface area contributed by atoms with Gasteiger partial charge in [0.05, 0.1) is 5.56 Å². The van der Waals surface area contributed by atoms with Gasteiger partial charge >= 0.3 is 0 Å². The molecule has 1 rings (SSSR count). The first-order valence-electron chi connectivity index (χ1n) is 7.34.